The Labute approximate surface area is 121 Å². The van der Waals surface area contributed by atoms with Crippen molar-refractivity contribution in [2.75, 3.05) is 0 Å². The highest BCUT2D eigenvalue weighted by Crippen LogP contribution is 2.11. The van der Waals surface area contributed by atoms with Crippen LogP contribution in [0.5, 0.6) is 0 Å². The molecule has 0 unspecified atom stereocenters. The minimum Gasteiger partial charge on any atom is -0.292 e. The van der Waals surface area contributed by atoms with Gasteiger partial charge in [-0.3, -0.25) is 29.3 Å². The van der Waals surface area contributed by atoms with E-state index in [9.17, 15) is 24.5 Å². The number of hydrogen-bond donors (Lipinski definition) is 1. The maximum Gasteiger partial charge on any atom is 0.350 e. The number of nitrogens with one attached hydrogen (secondary N) is 1. The second-order valence-electron chi connectivity index (χ2n) is 4.09. The van der Waals surface area contributed by atoms with Crippen LogP contribution in [0.25, 0.3) is 0 Å². The minimum atomic E-state index is -1.11. The van der Waals surface area contributed by atoms with Gasteiger partial charge in [-0.1, -0.05) is 23.7 Å². The molecule has 0 fully saturated rings. The number of carbonyl (C=O) groups is 1. The molecule has 1 N–H and O–H groups in total. The number of benzene rings is 1. The quantitative estimate of drug-likeness (QED) is 0.513. The summed E-state index contributed by atoms with van der Waals surface area (Å²) in [4.78, 5) is 46.3. The van der Waals surface area contributed by atoms with Crippen molar-refractivity contribution in [3.8, 4) is 0 Å². The molecule has 0 spiro atoms. The van der Waals surface area contributed by atoms with E-state index < -0.39 is 34.2 Å². The lowest BCUT2D eigenvalue weighted by Crippen LogP contribution is -2.32. The van der Waals surface area contributed by atoms with Crippen molar-refractivity contribution < 1.29 is 9.72 Å². The summed E-state index contributed by atoms with van der Waals surface area (Å²) in [6, 6.07) is 6.05. The lowest BCUT2D eigenvalue weighted by Gasteiger charge is -2.04. The Morgan fingerprint density at radius 2 is 2.10 bits per heavy atom. The molecule has 0 atom stereocenters. The van der Waals surface area contributed by atoms with Crippen molar-refractivity contribution in [1.82, 2.24) is 9.55 Å². The lowest BCUT2D eigenvalue weighted by molar-refractivity contribution is -0.386. The lowest BCUT2D eigenvalue weighted by atomic mass is 10.1. The number of aromatic amines is 1. The molecule has 2 rings (SSSR count). The third-order valence-corrected chi connectivity index (χ3v) is 2.88. The molecular formula is C12H8ClN3O5. The number of nitrogens with zero attached hydrogens (tertiary/aromatic N) is 2. The van der Waals surface area contributed by atoms with Crippen molar-refractivity contribution in [3.63, 3.8) is 0 Å². The Morgan fingerprint density at radius 3 is 2.71 bits per heavy atom. The Bertz CT molecular complexity index is 839. The number of ketones is 1. The molecule has 9 heteroatoms. The van der Waals surface area contributed by atoms with E-state index in [0.717, 1.165) is 10.8 Å². The summed E-state index contributed by atoms with van der Waals surface area (Å²) in [5, 5.41) is 11.0. The van der Waals surface area contributed by atoms with Crippen LogP contribution in [-0.4, -0.2) is 20.3 Å². The third kappa shape index (κ3) is 3.23. The molecule has 0 saturated heterocycles. The number of nitro groups is 1. The van der Waals surface area contributed by atoms with Gasteiger partial charge in [-0.2, -0.15) is 0 Å². The summed E-state index contributed by atoms with van der Waals surface area (Å²) in [5.74, 6) is -0.471. The summed E-state index contributed by atoms with van der Waals surface area (Å²) in [6.45, 7) is -0.448. The van der Waals surface area contributed by atoms with Crippen molar-refractivity contribution in [1.29, 1.82) is 0 Å². The first kappa shape index (κ1) is 14.7. The van der Waals surface area contributed by atoms with Crippen LogP contribution in [-0.2, 0) is 6.54 Å². The van der Waals surface area contributed by atoms with Gasteiger partial charge in [-0.25, -0.2) is 4.79 Å². The van der Waals surface area contributed by atoms with Gasteiger partial charge in [-0.05, 0) is 12.1 Å². The van der Waals surface area contributed by atoms with Gasteiger partial charge in [0, 0.05) is 10.6 Å². The maximum absolute atomic E-state index is 12.0. The van der Waals surface area contributed by atoms with Gasteiger partial charge in [0.2, 0.25) is 0 Å². The predicted molar refractivity (Wildman–Crippen MR) is 73.8 cm³/mol. The van der Waals surface area contributed by atoms with E-state index >= 15 is 0 Å². The van der Waals surface area contributed by atoms with Crippen LogP contribution >= 0.6 is 11.6 Å². The molecule has 0 aliphatic carbocycles. The largest absolute Gasteiger partial charge is 0.350 e. The van der Waals surface area contributed by atoms with Crippen LogP contribution in [0.3, 0.4) is 0 Å². The molecule has 2 aromatic rings. The van der Waals surface area contributed by atoms with Crippen molar-refractivity contribution in [2.45, 2.75) is 6.54 Å². The fraction of sp³-hybridized carbons (Fsp3) is 0.0833. The van der Waals surface area contributed by atoms with Crippen LogP contribution < -0.4 is 11.2 Å². The predicted octanol–water partition coefficient (Wildman–Crippen LogP) is 0.981. The smallest absolute Gasteiger partial charge is 0.292 e. The molecule has 0 aliphatic rings. The van der Waals surface area contributed by atoms with Crippen LogP contribution in [0.2, 0.25) is 5.02 Å². The van der Waals surface area contributed by atoms with E-state index in [2.05, 4.69) is 0 Å². The second-order valence-corrected chi connectivity index (χ2v) is 4.53. The van der Waals surface area contributed by atoms with Crippen molar-refractivity contribution >= 4 is 23.1 Å². The van der Waals surface area contributed by atoms with Crippen LogP contribution in [0.4, 0.5) is 5.69 Å². The van der Waals surface area contributed by atoms with E-state index in [-0.39, 0.29) is 5.56 Å². The minimum absolute atomic E-state index is 0.253. The fourth-order valence-corrected chi connectivity index (χ4v) is 1.84. The fourth-order valence-electron chi connectivity index (χ4n) is 1.65. The molecule has 1 heterocycles. The molecule has 0 saturated carbocycles. The average molecular weight is 310 g/mol. The average Bonchev–Trinajstić information content (AvgIpc) is 2.41. The molecule has 108 valence electrons. The number of carbonyl (C=O) groups excluding carboxylic acids is 1. The van der Waals surface area contributed by atoms with Gasteiger partial charge >= 0.3 is 16.9 Å². The summed E-state index contributed by atoms with van der Waals surface area (Å²) in [5.41, 5.74) is -2.57. The summed E-state index contributed by atoms with van der Waals surface area (Å²) < 4.78 is 0.767. The molecule has 0 amide bonds. The Hall–Kier alpha value is -2.74. The van der Waals surface area contributed by atoms with Crippen molar-refractivity contribution in [2.24, 2.45) is 0 Å². The second kappa shape index (κ2) is 5.71. The van der Waals surface area contributed by atoms with E-state index in [1.807, 2.05) is 0 Å². The number of aromatic nitrogens is 2. The normalized spacial score (nSPS) is 10.3. The van der Waals surface area contributed by atoms with Gasteiger partial charge in [0.1, 0.15) is 0 Å². The van der Waals surface area contributed by atoms with E-state index in [4.69, 9.17) is 11.6 Å². The summed E-state index contributed by atoms with van der Waals surface area (Å²) >= 11 is 5.75. The van der Waals surface area contributed by atoms with Gasteiger partial charge < -0.3 is 0 Å². The zero-order valence-corrected chi connectivity index (χ0v) is 11.2. The monoisotopic (exact) mass is 309 g/mol. The molecule has 0 radical (unpaired) electrons. The standard InChI is InChI=1S/C12H8ClN3O5/c13-8-3-1-2-7(4-8)10(17)6-15-5-9(16(20)21)11(18)14-12(15)19/h1-5H,6H2,(H,14,18,19). The Morgan fingerprint density at radius 1 is 1.38 bits per heavy atom. The molecular weight excluding hydrogens is 302 g/mol. The zero-order valence-electron chi connectivity index (χ0n) is 10.4. The number of hydrogen-bond acceptors (Lipinski definition) is 5. The first-order valence-corrected chi connectivity index (χ1v) is 6.03. The number of rotatable bonds is 4. The van der Waals surface area contributed by atoms with Gasteiger partial charge in [-0.15, -0.1) is 0 Å². The zero-order chi connectivity index (χ0) is 15.6. The van der Waals surface area contributed by atoms with Crippen LogP contribution in [0.1, 0.15) is 10.4 Å². The molecule has 1 aromatic heterocycles. The summed E-state index contributed by atoms with van der Waals surface area (Å²) in [6.07, 6.45) is 0.740. The van der Waals surface area contributed by atoms with Crippen LogP contribution in [0, 0.1) is 10.1 Å². The van der Waals surface area contributed by atoms with Gasteiger partial charge in [0.05, 0.1) is 17.7 Å². The summed E-state index contributed by atoms with van der Waals surface area (Å²) in [7, 11) is 0. The van der Waals surface area contributed by atoms with Gasteiger partial charge in [0.25, 0.3) is 0 Å². The Kier molecular flexibility index (Phi) is 3.99. The highest BCUT2D eigenvalue weighted by atomic mass is 35.5. The highest BCUT2D eigenvalue weighted by Gasteiger charge is 2.16. The van der Waals surface area contributed by atoms with E-state index in [1.54, 1.807) is 17.1 Å². The van der Waals surface area contributed by atoms with Crippen LogP contribution in [0.15, 0.2) is 40.1 Å². The Balaban J connectivity index is 2.38. The molecule has 21 heavy (non-hydrogen) atoms. The first-order valence-electron chi connectivity index (χ1n) is 5.65. The third-order valence-electron chi connectivity index (χ3n) is 2.65. The number of H-pyrrole nitrogens is 1. The SMILES string of the molecule is O=C(Cn1cc([N+](=O)[O-])c(=O)[nH]c1=O)c1cccc(Cl)c1. The van der Waals surface area contributed by atoms with E-state index in [0.29, 0.717) is 5.02 Å². The van der Waals surface area contributed by atoms with E-state index in [1.165, 1.54) is 12.1 Å². The maximum atomic E-state index is 12.0. The number of halogens is 1. The molecule has 0 aliphatic heterocycles. The van der Waals surface area contributed by atoms with Gasteiger partial charge in [0.15, 0.2) is 5.78 Å². The number of Topliss-reactive ketones (excluding diaryl/α,β-unsaturated/α-hetero) is 1. The first-order chi connectivity index (χ1) is 9.88. The highest BCUT2D eigenvalue weighted by molar-refractivity contribution is 6.31. The molecule has 8 nitrogen and oxygen atoms in total. The molecule has 0 bridgehead atoms. The van der Waals surface area contributed by atoms with Crippen molar-refractivity contribution in [3.05, 3.63) is 72.0 Å². The topological polar surface area (TPSA) is 115 Å². The molecule has 1 aromatic carbocycles.